The molecule has 2 atom stereocenters. The summed E-state index contributed by atoms with van der Waals surface area (Å²) in [4.78, 5) is 0. The molecular formula is C12H15FN2O2. The SMILES string of the molecule is CNCC(O)C(O)c1cc(CC#N)ccc1F. The molecule has 92 valence electrons. The molecule has 0 saturated heterocycles. The second-order valence-corrected chi connectivity index (χ2v) is 3.76. The van der Waals surface area contributed by atoms with Crippen molar-refractivity contribution in [1.82, 2.24) is 5.32 Å². The summed E-state index contributed by atoms with van der Waals surface area (Å²) in [7, 11) is 1.62. The molecule has 0 saturated carbocycles. The van der Waals surface area contributed by atoms with Crippen molar-refractivity contribution < 1.29 is 14.6 Å². The number of aliphatic hydroxyl groups is 2. The average Bonchev–Trinajstić information content (AvgIpc) is 2.31. The minimum absolute atomic E-state index is 0.0144. The molecule has 0 aliphatic carbocycles. The first-order valence-electron chi connectivity index (χ1n) is 5.26. The van der Waals surface area contributed by atoms with Gasteiger partial charge in [-0.05, 0) is 24.7 Å². The van der Waals surface area contributed by atoms with Crippen LogP contribution in [0.15, 0.2) is 18.2 Å². The third-order valence-electron chi connectivity index (χ3n) is 2.44. The van der Waals surface area contributed by atoms with Crippen molar-refractivity contribution in [2.75, 3.05) is 13.6 Å². The van der Waals surface area contributed by atoms with Gasteiger partial charge in [0.25, 0.3) is 0 Å². The number of hydrogen-bond donors (Lipinski definition) is 3. The number of benzene rings is 1. The fourth-order valence-corrected chi connectivity index (χ4v) is 1.55. The summed E-state index contributed by atoms with van der Waals surface area (Å²) in [6.45, 7) is 0.156. The summed E-state index contributed by atoms with van der Waals surface area (Å²) in [5, 5.41) is 30.6. The Balaban J connectivity index is 2.95. The second-order valence-electron chi connectivity index (χ2n) is 3.76. The molecule has 0 aromatic heterocycles. The maximum atomic E-state index is 13.5. The van der Waals surface area contributed by atoms with Crippen molar-refractivity contribution in [3.05, 3.63) is 35.1 Å². The van der Waals surface area contributed by atoms with Crippen molar-refractivity contribution in [3.8, 4) is 6.07 Å². The van der Waals surface area contributed by atoms with Gasteiger partial charge in [-0.3, -0.25) is 0 Å². The van der Waals surface area contributed by atoms with E-state index in [-0.39, 0.29) is 18.5 Å². The monoisotopic (exact) mass is 238 g/mol. The lowest BCUT2D eigenvalue weighted by atomic mass is 10.00. The van der Waals surface area contributed by atoms with E-state index in [4.69, 9.17) is 5.26 Å². The highest BCUT2D eigenvalue weighted by atomic mass is 19.1. The fraction of sp³-hybridized carbons (Fsp3) is 0.417. The summed E-state index contributed by atoms with van der Waals surface area (Å²) in [6, 6.07) is 6.03. The zero-order valence-electron chi connectivity index (χ0n) is 9.52. The smallest absolute Gasteiger partial charge is 0.129 e. The highest BCUT2D eigenvalue weighted by molar-refractivity contribution is 5.29. The van der Waals surface area contributed by atoms with Gasteiger partial charge < -0.3 is 15.5 Å². The highest BCUT2D eigenvalue weighted by Crippen LogP contribution is 2.21. The van der Waals surface area contributed by atoms with Crippen molar-refractivity contribution in [1.29, 1.82) is 5.26 Å². The van der Waals surface area contributed by atoms with Gasteiger partial charge in [-0.1, -0.05) is 6.07 Å². The quantitative estimate of drug-likeness (QED) is 0.698. The standard InChI is InChI=1S/C12H15FN2O2/c1-15-7-11(16)12(17)9-6-8(4-5-14)2-3-10(9)13/h2-3,6,11-12,15-17H,4,7H2,1H3. The van der Waals surface area contributed by atoms with Gasteiger partial charge >= 0.3 is 0 Å². The Bertz CT molecular complexity index is 417. The number of hydrogen-bond acceptors (Lipinski definition) is 4. The first kappa shape index (κ1) is 13.6. The number of nitrogens with one attached hydrogen (secondary N) is 1. The summed E-state index contributed by atoms with van der Waals surface area (Å²) in [5.41, 5.74) is 0.625. The van der Waals surface area contributed by atoms with Crippen molar-refractivity contribution >= 4 is 0 Å². The van der Waals surface area contributed by atoms with E-state index in [1.165, 1.54) is 18.2 Å². The topological polar surface area (TPSA) is 76.3 Å². The Hall–Kier alpha value is -1.48. The van der Waals surface area contributed by atoms with E-state index in [1.54, 1.807) is 7.05 Å². The molecule has 0 fully saturated rings. The normalized spacial score (nSPS) is 14.1. The van der Waals surface area contributed by atoms with Crippen LogP contribution in [-0.4, -0.2) is 29.9 Å². The average molecular weight is 238 g/mol. The molecule has 0 aliphatic rings. The van der Waals surface area contributed by atoms with Crippen LogP contribution in [0.5, 0.6) is 0 Å². The molecule has 5 heteroatoms. The van der Waals surface area contributed by atoms with Gasteiger partial charge in [0.05, 0.1) is 18.6 Å². The molecular weight excluding hydrogens is 223 g/mol. The summed E-state index contributed by atoms with van der Waals surface area (Å²) >= 11 is 0. The lowest BCUT2D eigenvalue weighted by Gasteiger charge is -2.18. The van der Waals surface area contributed by atoms with Gasteiger partial charge in [-0.2, -0.15) is 5.26 Å². The van der Waals surface area contributed by atoms with E-state index < -0.39 is 18.0 Å². The van der Waals surface area contributed by atoms with Gasteiger partial charge in [0.15, 0.2) is 0 Å². The van der Waals surface area contributed by atoms with Crippen LogP contribution in [0.3, 0.4) is 0 Å². The van der Waals surface area contributed by atoms with Crippen molar-refractivity contribution in [2.45, 2.75) is 18.6 Å². The second kappa shape index (κ2) is 6.30. The minimum atomic E-state index is -1.30. The summed E-state index contributed by atoms with van der Waals surface area (Å²) in [6.07, 6.45) is -2.25. The molecule has 3 N–H and O–H groups in total. The van der Waals surface area contributed by atoms with Gasteiger partial charge in [-0.25, -0.2) is 4.39 Å². The van der Waals surface area contributed by atoms with E-state index in [2.05, 4.69) is 5.32 Å². The Morgan fingerprint density at radius 1 is 1.47 bits per heavy atom. The maximum absolute atomic E-state index is 13.5. The van der Waals surface area contributed by atoms with Gasteiger partial charge in [0.1, 0.15) is 11.9 Å². The van der Waals surface area contributed by atoms with Gasteiger partial charge in [0, 0.05) is 12.1 Å². The molecule has 0 aliphatic heterocycles. The fourth-order valence-electron chi connectivity index (χ4n) is 1.55. The van der Waals surface area contributed by atoms with Crippen molar-refractivity contribution in [2.24, 2.45) is 0 Å². The maximum Gasteiger partial charge on any atom is 0.129 e. The van der Waals surface area contributed by atoms with E-state index in [0.717, 1.165) is 0 Å². The zero-order valence-corrected chi connectivity index (χ0v) is 9.52. The molecule has 4 nitrogen and oxygen atoms in total. The van der Waals surface area contributed by atoms with Crippen molar-refractivity contribution in [3.63, 3.8) is 0 Å². The molecule has 0 spiro atoms. The van der Waals surface area contributed by atoms with Crippen LogP contribution in [0.2, 0.25) is 0 Å². The van der Waals surface area contributed by atoms with E-state index in [0.29, 0.717) is 5.56 Å². The third kappa shape index (κ3) is 3.49. The molecule has 0 amide bonds. The van der Waals surface area contributed by atoms with E-state index >= 15 is 0 Å². The number of halogens is 1. The van der Waals surface area contributed by atoms with Crippen LogP contribution in [0.1, 0.15) is 17.2 Å². The Kier molecular flexibility index (Phi) is 5.04. The number of rotatable bonds is 5. The zero-order chi connectivity index (χ0) is 12.8. The predicted octanol–water partition coefficient (Wildman–Crippen LogP) is 0.505. The van der Waals surface area contributed by atoms with Crippen LogP contribution >= 0.6 is 0 Å². The predicted molar refractivity (Wildman–Crippen MR) is 60.6 cm³/mol. The number of nitriles is 1. The van der Waals surface area contributed by atoms with Crippen LogP contribution in [0.4, 0.5) is 4.39 Å². The number of likely N-dealkylation sites (N-methyl/N-ethyl adjacent to an activating group) is 1. The molecule has 17 heavy (non-hydrogen) atoms. The lowest BCUT2D eigenvalue weighted by molar-refractivity contribution is 0.0181. The molecule has 2 unspecified atom stereocenters. The third-order valence-corrected chi connectivity index (χ3v) is 2.44. The van der Waals surface area contributed by atoms with E-state index in [9.17, 15) is 14.6 Å². The van der Waals surface area contributed by atoms with Crippen LogP contribution in [-0.2, 0) is 6.42 Å². The van der Waals surface area contributed by atoms with Crippen LogP contribution in [0, 0.1) is 17.1 Å². The summed E-state index contributed by atoms with van der Waals surface area (Å²) < 4.78 is 13.5. The Morgan fingerprint density at radius 3 is 2.76 bits per heavy atom. The lowest BCUT2D eigenvalue weighted by Crippen LogP contribution is -2.30. The molecule has 0 heterocycles. The molecule has 1 aromatic rings. The molecule has 0 radical (unpaired) electrons. The molecule has 1 rings (SSSR count). The Labute approximate surface area is 99.3 Å². The minimum Gasteiger partial charge on any atom is -0.389 e. The number of nitrogens with zero attached hydrogens (tertiary/aromatic N) is 1. The highest BCUT2D eigenvalue weighted by Gasteiger charge is 2.21. The van der Waals surface area contributed by atoms with E-state index in [1.807, 2.05) is 6.07 Å². The largest absolute Gasteiger partial charge is 0.389 e. The molecule has 0 bridgehead atoms. The van der Waals surface area contributed by atoms with Crippen LogP contribution in [0.25, 0.3) is 0 Å². The first-order valence-corrected chi connectivity index (χ1v) is 5.26. The summed E-state index contributed by atoms with van der Waals surface area (Å²) in [5.74, 6) is -0.589. The van der Waals surface area contributed by atoms with Crippen LogP contribution < -0.4 is 5.32 Å². The first-order chi connectivity index (χ1) is 8.10. The van der Waals surface area contributed by atoms with Gasteiger partial charge in [-0.15, -0.1) is 0 Å². The Morgan fingerprint density at radius 2 is 2.18 bits per heavy atom. The van der Waals surface area contributed by atoms with Gasteiger partial charge in [0.2, 0.25) is 0 Å². The molecule has 1 aromatic carbocycles. The number of aliphatic hydroxyl groups excluding tert-OH is 2.